The summed E-state index contributed by atoms with van der Waals surface area (Å²) in [5.74, 6) is 0. The first-order valence-electron chi connectivity index (χ1n) is 3.76. The third-order valence-electron chi connectivity index (χ3n) is 1.68. The van der Waals surface area contributed by atoms with Crippen molar-refractivity contribution in [1.29, 1.82) is 0 Å². The maximum atomic E-state index is 4.18. The molecule has 1 N–H and O–H groups in total. The molecule has 66 valence electrons. The number of H-pyrrole nitrogens is 1. The summed E-state index contributed by atoms with van der Waals surface area (Å²) in [5.41, 5.74) is 2.82. The summed E-state index contributed by atoms with van der Waals surface area (Å²) in [6, 6.07) is 0. The first kappa shape index (κ1) is 8.37. The van der Waals surface area contributed by atoms with Crippen molar-refractivity contribution in [2.24, 2.45) is 0 Å². The van der Waals surface area contributed by atoms with Crippen LogP contribution in [0.25, 0.3) is 11.4 Å². The van der Waals surface area contributed by atoms with Crippen LogP contribution in [0.4, 0.5) is 0 Å². The lowest BCUT2D eigenvalue weighted by Gasteiger charge is -1.97. The van der Waals surface area contributed by atoms with Crippen LogP contribution in [-0.2, 0) is 5.33 Å². The van der Waals surface area contributed by atoms with E-state index in [1.165, 1.54) is 0 Å². The van der Waals surface area contributed by atoms with E-state index in [2.05, 4.69) is 36.1 Å². The summed E-state index contributed by atoms with van der Waals surface area (Å²) in [6.07, 6.45) is 6.79. The Morgan fingerprint density at radius 2 is 2.23 bits per heavy atom. The van der Waals surface area contributed by atoms with Crippen LogP contribution in [0.2, 0.25) is 0 Å². The third-order valence-corrected chi connectivity index (χ3v) is 2.29. The summed E-state index contributed by atoms with van der Waals surface area (Å²) >= 11 is 3.38. The molecule has 0 aliphatic rings. The minimum Gasteiger partial charge on any atom is -0.276 e. The molecule has 0 saturated carbocycles. The smallest absolute Gasteiger partial charge is 0.107 e. The topological polar surface area (TPSA) is 54.5 Å². The van der Waals surface area contributed by atoms with Gasteiger partial charge < -0.3 is 0 Å². The molecule has 0 radical (unpaired) electrons. The Kier molecular flexibility index (Phi) is 2.35. The first-order valence-corrected chi connectivity index (χ1v) is 4.88. The molecule has 0 atom stereocenters. The van der Waals surface area contributed by atoms with Crippen LogP contribution in [0.3, 0.4) is 0 Å². The average Bonchev–Trinajstić information content (AvgIpc) is 2.67. The van der Waals surface area contributed by atoms with Crippen LogP contribution >= 0.6 is 15.9 Å². The monoisotopic (exact) mass is 238 g/mol. The van der Waals surface area contributed by atoms with E-state index in [1.54, 1.807) is 24.8 Å². The number of nitrogens with one attached hydrogen (secondary N) is 1. The number of aromatic amines is 1. The Morgan fingerprint density at radius 3 is 2.92 bits per heavy atom. The van der Waals surface area contributed by atoms with Crippen molar-refractivity contribution in [1.82, 2.24) is 20.2 Å². The molecule has 4 nitrogen and oxygen atoms in total. The van der Waals surface area contributed by atoms with E-state index in [-0.39, 0.29) is 0 Å². The highest BCUT2D eigenvalue weighted by Crippen LogP contribution is 2.19. The second kappa shape index (κ2) is 3.66. The minimum absolute atomic E-state index is 0.759. The van der Waals surface area contributed by atoms with E-state index >= 15 is 0 Å². The summed E-state index contributed by atoms with van der Waals surface area (Å²) in [7, 11) is 0. The van der Waals surface area contributed by atoms with Crippen molar-refractivity contribution in [2.45, 2.75) is 5.33 Å². The van der Waals surface area contributed by atoms with Gasteiger partial charge in [-0.3, -0.25) is 15.1 Å². The van der Waals surface area contributed by atoms with Gasteiger partial charge in [-0.25, -0.2) is 0 Å². The molecule has 13 heavy (non-hydrogen) atoms. The number of aromatic nitrogens is 4. The molecule has 0 spiro atoms. The van der Waals surface area contributed by atoms with Gasteiger partial charge in [-0.1, -0.05) is 15.9 Å². The number of hydrogen-bond acceptors (Lipinski definition) is 3. The second-order valence-electron chi connectivity index (χ2n) is 2.49. The van der Waals surface area contributed by atoms with Crippen LogP contribution in [0.15, 0.2) is 24.8 Å². The zero-order valence-electron chi connectivity index (χ0n) is 6.74. The lowest BCUT2D eigenvalue weighted by molar-refractivity contribution is 1.08. The zero-order chi connectivity index (χ0) is 9.10. The van der Waals surface area contributed by atoms with Gasteiger partial charge in [0, 0.05) is 23.3 Å². The van der Waals surface area contributed by atoms with Gasteiger partial charge in [0.05, 0.1) is 18.1 Å². The molecule has 5 heteroatoms. The number of halogens is 1. The van der Waals surface area contributed by atoms with Gasteiger partial charge in [0.15, 0.2) is 0 Å². The van der Waals surface area contributed by atoms with Gasteiger partial charge >= 0.3 is 0 Å². The van der Waals surface area contributed by atoms with Crippen LogP contribution < -0.4 is 0 Å². The predicted molar refractivity (Wildman–Crippen MR) is 52.2 cm³/mol. The fraction of sp³-hybridized carbons (Fsp3) is 0.125. The van der Waals surface area contributed by atoms with Crippen molar-refractivity contribution < 1.29 is 0 Å². The molecule has 0 saturated heterocycles. The molecule has 0 fully saturated rings. The second-order valence-corrected chi connectivity index (χ2v) is 3.06. The Hall–Kier alpha value is -1.23. The van der Waals surface area contributed by atoms with Crippen LogP contribution in [-0.4, -0.2) is 20.2 Å². The SMILES string of the molecule is BrCc1cn[nH]c1-c1cnccn1. The fourth-order valence-corrected chi connectivity index (χ4v) is 1.49. The van der Waals surface area contributed by atoms with E-state index in [9.17, 15) is 0 Å². The Labute approximate surface area is 83.6 Å². The first-order chi connectivity index (χ1) is 6.42. The molecule has 0 unspecified atom stereocenters. The quantitative estimate of drug-likeness (QED) is 0.812. The molecule has 0 amide bonds. The molecular weight excluding hydrogens is 232 g/mol. The molecule has 0 bridgehead atoms. The minimum atomic E-state index is 0.759. The maximum Gasteiger partial charge on any atom is 0.107 e. The molecule has 2 rings (SSSR count). The predicted octanol–water partition coefficient (Wildman–Crippen LogP) is 1.76. The van der Waals surface area contributed by atoms with Gasteiger partial charge in [0.25, 0.3) is 0 Å². The third kappa shape index (κ3) is 1.60. The molecule has 2 heterocycles. The van der Waals surface area contributed by atoms with Crippen LogP contribution in [0.5, 0.6) is 0 Å². The molecule has 0 aromatic carbocycles. The van der Waals surface area contributed by atoms with Crippen LogP contribution in [0, 0.1) is 0 Å². The standard InChI is InChI=1S/C8H7BrN4/c9-3-6-4-12-13-8(6)7-5-10-1-2-11-7/h1-2,4-5H,3H2,(H,12,13). The van der Waals surface area contributed by atoms with Crippen molar-refractivity contribution in [3.8, 4) is 11.4 Å². The van der Waals surface area contributed by atoms with Crippen molar-refractivity contribution in [2.75, 3.05) is 0 Å². The Morgan fingerprint density at radius 1 is 1.31 bits per heavy atom. The van der Waals surface area contributed by atoms with Crippen LogP contribution in [0.1, 0.15) is 5.56 Å². The van der Waals surface area contributed by atoms with Gasteiger partial charge in [-0.2, -0.15) is 5.10 Å². The highest BCUT2D eigenvalue weighted by molar-refractivity contribution is 9.08. The summed E-state index contributed by atoms with van der Waals surface area (Å²) in [4.78, 5) is 8.17. The largest absolute Gasteiger partial charge is 0.276 e. The van der Waals surface area contributed by atoms with E-state index in [1.807, 2.05) is 0 Å². The highest BCUT2D eigenvalue weighted by Gasteiger charge is 2.06. The van der Waals surface area contributed by atoms with Crippen molar-refractivity contribution >= 4 is 15.9 Å². The van der Waals surface area contributed by atoms with Gasteiger partial charge in [0.1, 0.15) is 5.69 Å². The normalized spacial score (nSPS) is 10.2. The molecule has 0 aliphatic heterocycles. The van der Waals surface area contributed by atoms with E-state index in [0.29, 0.717) is 0 Å². The number of nitrogens with zero attached hydrogens (tertiary/aromatic N) is 3. The molecule has 2 aromatic rings. The summed E-state index contributed by atoms with van der Waals surface area (Å²) in [5, 5.41) is 7.60. The van der Waals surface area contributed by atoms with E-state index in [4.69, 9.17) is 0 Å². The lowest BCUT2D eigenvalue weighted by Crippen LogP contribution is -1.87. The summed E-state index contributed by atoms with van der Waals surface area (Å²) in [6.45, 7) is 0. The fourth-order valence-electron chi connectivity index (χ4n) is 1.06. The van der Waals surface area contributed by atoms with E-state index < -0.39 is 0 Å². The lowest BCUT2D eigenvalue weighted by atomic mass is 10.2. The Balaban J connectivity index is 2.47. The van der Waals surface area contributed by atoms with E-state index in [0.717, 1.165) is 22.3 Å². The van der Waals surface area contributed by atoms with Gasteiger partial charge in [0.2, 0.25) is 0 Å². The molecule has 0 aliphatic carbocycles. The highest BCUT2D eigenvalue weighted by atomic mass is 79.9. The average molecular weight is 239 g/mol. The van der Waals surface area contributed by atoms with Gasteiger partial charge in [-0.05, 0) is 0 Å². The van der Waals surface area contributed by atoms with Crippen molar-refractivity contribution in [3.63, 3.8) is 0 Å². The number of rotatable bonds is 2. The maximum absolute atomic E-state index is 4.18. The summed E-state index contributed by atoms with van der Waals surface area (Å²) < 4.78 is 0. The molecule has 2 aromatic heterocycles. The zero-order valence-corrected chi connectivity index (χ0v) is 8.32. The molecular formula is C8H7BrN4. The van der Waals surface area contributed by atoms with Gasteiger partial charge in [-0.15, -0.1) is 0 Å². The number of alkyl halides is 1. The Bertz CT molecular complexity index is 384. The van der Waals surface area contributed by atoms with Crippen molar-refractivity contribution in [3.05, 3.63) is 30.4 Å². The number of hydrogen-bond donors (Lipinski definition) is 1.